The molecule has 0 saturated carbocycles. The van der Waals surface area contributed by atoms with Crippen LogP contribution in [-0.2, 0) is 11.3 Å². The Morgan fingerprint density at radius 3 is 3.08 bits per heavy atom. The number of piperidine rings is 1. The van der Waals surface area contributed by atoms with Crippen molar-refractivity contribution < 1.29 is 13.9 Å². The first-order chi connectivity index (χ1) is 11.7. The molecular weight excluding hydrogens is 309 g/mol. The van der Waals surface area contributed by atoms with E-state index in [0.717, 1.165) is 19.4 Å². The minimum absolute atomic E-state index is 0.154. The Kier molecular flexibility index (Phi) is 5.46. The maximum Gasteiger partial charge on any atom is 0.224 e. The molecule has 1 amide bonds. The topological polar surface area (TPSA) is 47.4 Å². The zero-order valence-electron chi connectivity index (χ0n) is 13.6. The predicted molar refractivity (Wildman–Crippen MR) is 88.0 cm³/mol. The Morgan fingerprint density at radius 1 is 1.38 bits per heavy atom. The van der Waals surface area contributed by atoms with Gasteiger partial charge in [0, 0.05) is 50.4 Å². The van der Waals surface area contributed by atoms with Gasteiger partial charge in [-0.15, -0.1) is 0 Å². The number of aromatic nitrogens is 2. The third kappa shape index (κ3) is 4.57. The molecule has 1 aromatic carbocycles. The van der Waals surface area contributed by atoms with Crippen LogP contribution in [0.2, 0.25) is 0 Å². The lowest BCUT2D eigenvalue weighted by atomic mass is 9.98. The fourth-order valence-corrected chi connectivity index (χ4v) is 3.00. The molecule has 0 aliphatic carbocycles. The minimum Gasteiger partial charge on any atom is -0.493 e. The molecule has 0 unspecified atom stereocenters. The van der Waals surface area contributed by atoms with Crippen LogP contribution in [0.3, 0.4) is 0 Å². The fourth-order valence-electron chi connectivity index (χ4n) is 3.00. The van der Waals surface area contributed by atoms with Crippen molar-refractivity contribution in [2.24, 2.45) is 5.92 Å². The molecule has 3 rings (SSSR count). The number of amides is 1. The lowest BCUT2D eigenvalue weighted by Crippen LogP contribution is -2.41. The van der Waals surface area contributed by atoms with Crippen LogP contribution in [0.5, 0.6) is 5.75 Å². The molecule has 2 heterocycles. The van der Waals surface area contributed by atoms with Gasteiger partial charge in [-0.3, -0.25) is 9.48 Å². The Balaban J connectivity index is 1.46. The Hall–Kier alpha value is -2.37. The Morgan fingerprint density at radius 2 is 2.29 bits per heavy atom. The lowest BCUT2D eigenvalue weighted by molar-refractivity contribution is -0.133. The van der Waals surface area contributed by atoms with E-state index in [0.29, 0.717) is 31.9 Å². The summed E-state index contributed by atoms with van der Waals surface area (Å²) in [6.45, 7) is 2.61. The van der Waals surface area contributed by atoms with Gasteiger partial charge in [-0.25, -0.2) is 4.39 Å². The highest BCUT2D eigenvalue weighted by atomic mass is 19.1. The molecule has 1 aliphatic rings. The lowest BCUT2D eigenvalue weighted by Gasteiger charge is -2.32. The first kappa shape index (κ1) is 16.5. The third-order valence-electron chi connectivity index (χ3n) is 4.27. The molecular formula is C18H22FN3O2. The summed E-state index contributed by atoms with van der Waals surface area (Å²) >= 11 is 0. The summed E-state index contributed by atoms with van der Waals surface area (Å²) in [5.41, 5.74) is 0. The second-order valence-electron chi connectivity index (χ2n) is 6.14. The van der Waals surface area contributed by atoms with Gasteiger partial charge in [0.15, 0.2) is 0 Å². The summed E-state index contributed by atoms with van der Waals surface area (Å²) in [6, 6.07) is 8.02. The van der Waals surface area contributed by atoms with E-state index in [1.54, 1.807) is 23.0 Å². The van der Waals surface area contributed by atoms with E-state index >= 15 is 0 Å². The number of benzene rings is 1. The van der Waals surface area contributed by atoms with Crippen LogP contribution in [0, 0.1) is 11.7 Å². The number of halogens is 1. The number of carbonyl (C=O) groups is 1. The van der Waals surface area contributed by atoms with Crippen LogP contribution >= 0.6 is 0 Å². The van der Waals surface area contributed by atoms with Gasteiger partial charge in [-0.05, 0) is 31.0 Å². The predicted octanol–water partition coefficient (Wildman–Crippen LogP) is 2.73. The molecule has 1 aromatic heterocycles. The van der Waals surface area contributed by atoms with Crippen molar-refractivity contribution in [3.05, 3.63) is 48.5 Å². The highest BCUT2D eigenvalue weighted by Crippen LogP contribution is 2.20. The van der Waals surface area contributed by atoms with E-state index in [1.165, 1.54) is 12.1 Å². The molecule has 0 spiro atoms. The molecule has 5 nitrogen and oxygen atoms in total. The second-order valence-corrected chi connectivity index (χ2v) is 6.14. The van der Waals surface area contributed by atoms with Gasteiger partial charge in [0.05, 0.1) is 6.61 Å². The zero-order valence-corrected chi connectivity index (χ0v) is 13.6. The largest absolute Gasteiger partial charge is 0.493 e. The standard InChI is InChI=1S/C18H22FN3O2/c19-16-5-1-6-17(12-16)24-14-15-4-2-9-21(13-15)18(23)7-11-22-10-3-8-20-22/h1,3,5-6,8,10,12,15H,2,4,7,9,11,13-14H2/t15-/m0/s1. The van der Waals surface area contributed by atoms with Crippen LogP contribution in [0.1, 0.15) is 19.3 Å². The van der Waals surface area contributed by atoms with Crippen molar-refractivity contribution in [3.63, 3.8) is 0 Å². The normalized spacial score (nSPS) is 17.7. The molecule has 6 heteroatoms. The summed E-state index contributed by atoms with van der Waals surface area (Å²) in [4.78, 5) is 14.3. The fraction of sp³-hybridized carbons (Fsp3) is 0.444. The monoisotopic (exact) mass is 331 g/mol. The van der Waals surface area contributed by atoms with Crippen molar-refractivity contribution in [2.75, 3.05) is 19.7 Å². The first-order valence-corrected chi connectivity index (χ1v) is 8.34. The average Bonchev–Trinajstić information content (AvgIpc) is 3.12. The molecule has 0 radical (unpaired) electrons. The minimum atomic E-state index is -0.299. The number of rotatable bonds is 6. The average molecular weight is 331 g/mol. The zero-order chi connectivity index (χ0) is 16.8. The van der Waals surface area contributed by atoms with Gasteiger partial charge >= 0.3 is 0 Å². The maximum absolute atomic E-state index is 13.2. The van der Waals surface area contributed by atoms with Gasteiger partial charge < -0.3 is 9.64 Å². The van der Waals surface area contributed by atoms with Crippen molar-refractivity contribution in [2.45, 2.75) is 25.8 Å². The molecule has 1 atom stereocenters. The van der Waals surface area contributed by atoms with Crippen LogP contribution in [-0.4, -0.2) is 40.3 Å². The molecule has 1 fully saturated rings. The van der Waals surface area contributed by atoms with E-state index in [4.69, 9.17) is 4.74 Å². The van der Waals surface area contributed by atoms with Gasteiger partial charge in [0.1, 0.15) is 11.6 Å². The molecule has 128 valence electrons. The summed E-state index contributed by atoms with van der Waals surface area (Å²) in [7, 11) is 0. The van der Waals surface area contributed by atoms with Gasteiger partial charge in [-0.2, -0.15) is 5.10 Å². The highest BCUT2D eigenvalue weighted by molar-refractivity contribution is 5.76. The summed E-state index contributed by atoms with van der Waals surface area (Å²) in [5.74, 6) is 0.681. The molecule has 0 bridgehead atoms. The number of hydrogen-bond donors (Lipinski definition) is 0. The first-order valence-electron chi connectivity index (χ1n) is 8.34. The van der Waals surface area contributed by atoms with Crippen LogP contribution in [0.4, 0.5) is 4.39 Å². The SMILES string of the molecule is O=C(CCn1cccn1)N1CCC[C@H](COc2cccc(F)c2)C1. The number of aryl methyl sites for hydroxylation is 1. The van der Waals surface area contributed by atoms with Gasteiger partial charge in [0.25, 0.3) is 0 Å². The van der Waals surface area contributed by atoms with E-state index in [9.17, 15) is 9.18 Å². The highest BCUT2D eigenvalue weighted by Gasteiger charge is 2.24. The van der Waals surface area contributed by atoms with Crippen molar-refractivity contribution in [1.29, 1.82) is 0 Å². The summed E-state index contributed by atoms with van der Waals surface area (Å²) < 4.78 is 20.6. The third-order valence-corrected chi connectivity index (χ3v) is 4.27. The van der Waals surface area contributed by atoms with E-state index in [-0.39, 0.29) is 17.6 Å². The Labute approximate surface area is 141 Å². The number of carbonyl (C=O) groups excluding carboxylic acids is 1. The molecule has 2 aromatic rings. The summed E-state index contributed by atoms with van der Waals surface area (Å²) in [6.07, 6.45) is 6.03. The summed E-state index contributed by atoms with van der Waals surface area (Å²) in [5, 5.41) is 4.11. The maximum atomic E-state index is 13.2. The van der Waals surface area contributed by atoms with Crippen molar-refractivity contribution in [1.82, 2.24) is 14.7 Å². The number of ether oxygens (including phenoxy) is 1. The Bertz CT molecular complexity index is 660. The molecule has 1 saturated heterocycles. The van der Waals surface area contributed by atoms with Gasteiger partial charge in [0.2, 0.25) is 5.91 Å². The van der Waals surface area contributed by atoms with Crippen molar-refractivity contribution >= 4 is 5.91 Å². The van der Waals surface area contributed by atoms with Crippen LogP contribution in [0.25, 0.3) is 0 Å². The van der Waals surface area contributed by atoms with E-state index < -0.39 is 0 Å². The smallest absolute Gasteiger partial charge is 0.224 e. The molecule has 0 N–H and O–H groups in total. The molecule has 1 aliphatic heterocycles. The quantitative estimate of drug-likeness (QED) is 0.818. The van der Waals surface area contributed by atoms with Gasteiger partial charge in [-0.1, -0.05) is 6.07 Å². The number of likely N-dealkylation sites (tertiary alicyclic amines) is 1. The number of nitrogens with zero attached hydrogens (tertiary/aromatic N) is 3. The van der Waals surface area contributed by atoms with E-state index in [2.05, 4.69) is 5.10 Å². The van der Waals surface area contributed by atoms with Crippen LogP contribution < -0.4 is 4.74 Å². The number of hydrogen-bond acceptors (Lipinski definition) is 3. The van der Waals surface area contributed by atoms with Crippen molar-refractivity contribution in [3.8, 4) is 5.75 Å². The second kappa shape index (κ2) is 7.95. The molecule has 24 heavy (non-hydrogen) atoms. The van der Waals surface area contributed by atoms with E-state index in [1.807, 2.05) is 17.2 Å². The van der Waals surface area contributed by atoms with Crippen LogP contribution in [0.15, 0.2) is 42.7 Å².